The van der Waals surface area contributed by atoms with Crippen molar-refractivity contribution in [3.05, 3.63) is 54.1 Å². The third-order valence-electron chi connectivity index (χ3n) is 3.68. The number of hydrogen-bond acceptors (Lipinski definition) is 6. The van der Waals surface area contributed by atoms with Crippen LogP contribution in [-0.2, 0) is 17.6 Å². The Morgan fingerprint density at radius 3 is 2.88 bits per heavy atom. The number of nitrogens with zero attached hydrogens (tertiary/aromatic N) is 2. The number of rotatable bonds is 8. The Morgan fingerprint density at radius 2 is 2.08 bits per heavy atom. The molecule has 7 heteroatoms. The highest BCUT2D eigenvalue weighted by molar-refractivity contribution is 5.76. The average Bonchev–Trinajstić information content (AvgIpc) is 3.32. The molecule has 3 rings (SSSR count). The van der Waals surface area contributed by atoms with Gasteiger partial charge in [-0.05, 0) is 30.2 Å². The summed E-state index contributed by atoms with van der Waals surface area (Å²) in [6.45, 7) is 0.542. The SMILES string of the molecule is COc1ccccc1CCNC(=O)CCc1nc(-c2ccco2)no1. The fourth-order valence-corrected chi connectivity index (χ4v) is 2.42. The van der Waals surface area contributed by atoms with E-state index in [0.29, 0.717) is 36.9 Å². The van der Waals surface area contributed by atoms with Crippen LogP contribution in [0.25, 0.3) is 11.6 Å². The lowest BCUT2D eigenvalue weighted by atomic mass is 10.1. The summed E-state index contributed by atoms with van der Waals surface area (Å²) in [6.07, 6.45) is 2.92. The molecular formula is C18H19N3O4. The van der Waals surface area contributed by atoms with Gasteiger partial charge in [-0.3, -0.25) is 4.79 Å². The molecule has 0 unspecified atom stereocenters. The molecule has 0 fully saturated rings. The third-order valence-corrected chi connectivity index (χ3v) is 3.68. The Labute approximate surface area is 145 Å². The maximum Gasteiger partial charge on any atom is 0.238 e. The number of hydrogen-bond donors (Lipinski definition) is 1. The zero-order valence-corrected chi connectivity index (χ0v) is 13.9. The summed E-state index contributed by atoms with van der Waals surface area (Å²) in [4.78, 5) is 16.2. The van der Waals surface area contributed by atoms with Gasteiger partial charge in [-0.1, -0.05) is 23.4 Å². The van der Waals surface area contributed by atoms with E-state index in [4.69, 9.17) is 13.7 Å². The molecule has 0 radical (unpaired) electrons. The zero-order valence-electron chi connectivity index (χ0n) is 13.9. The van der Waals surface area contributed by atoms with Crippen LogP contribution in [0.3, 0.4) is 0 Å². The number of methoxy groups -OCH3 is 1. The first kappa shape index (κ1) is 16.8. The van der Waals surface area contributed by atoms with E-state index in [1.54, 1.807) is 25.5 Å². The molecule has 130 valence electrons. The smallest absolute Gasteiger partial charge is 0.238 e. The van der Waals surface area contributed by atoms with Crippen LogP contribution in [0.1, 0.15) is 17.9 Å². The van der Waals surface area contributed by atoms with E-state index in [1.165, 1.54) is 0 Å². The second-order valence-corrected chi connectivity index (χ2v) is 5.40. The molecule has 0 aliphatic rings. The second kappa shape index (κ2) is 8.14. The monoisotopic (exact) mass is 341 g/mol. The van der Waals surface area contributed by atoms with Gasteiger partial charge in [0.2, 0.25) is 17.6 Å². The van der Waals surface area contributed by atoms with Crippen molar-refractivity contribution in [2.45, 2.75) is 19.3 Å². The molecule has 1 N–H and O–H groups in total. The molecule has 25 heavy (non-hydrogen) atoms. The van der Waals surface area contributed by atoms with E-state index in [2.05, 4.69) is 15.5 Å². The molecule has 0 aliphatic carbocycles. The Balaban J connectivity index is 1.42. The normalized spacial score (nSPS) is 10.6. The van der Waals surface area contributed by atoms with Crippen LogP contribution in [0.4, 0.5) is 0 Å². The van der Waals surface area contributed by atoms with Gasteiger partial charge in [0.15, 0.2) is 5.76 Å². The number of furan rings is 1. The van der Waals surface area contributed by atoms with Crippen LogP contribution < -0.4 is 10.1 Å². The number of benzene rings is 1. The van der Waals surface area contributed by atoms with Crippen molar-refractivity contribution < 1.29 is 18.5 Å². The number of carbonyl (C=O) groups is 1. The van der Waals surface area contributed by atoms with Crippen LogP contribution >= 0.6 is 0 Å². The van der Waals surface area contributed by atoms with Crippen molar-refractivity contribution in [2.75, 3.05) is 13.7 Å². The van der Waals surface area contributed by atoms with Crippen molar-refractivity contribution in [1.29, 1.82) is 0 Å². The van der Waals surface area contributed by atoms with E-state index >= 15 is 0 Å². The summed E-state index contributed by atoms with van der Waals surface area (Å²) in [5, 5.41) is 6.72. The highest BCUT2D eigenvalue weighted by atomic mass is 16.5. The molecule has 1 amide bonds. The predicted octanol–water partition coefficient (Wildman–Crippen LogP) is 2.63. The molecule has 2 heterocycles. The molecule has 0 atom stereocenters. The maximum absolute atomic E-state index is 11.9. The summed E-state index contributed by atoms with van der Waals surface area (Å²) in [5.41, 5.74) is 1.06. The van der Waals surface area contributed by atoms with Crippen LogP contribution in [0, 0.1) is 0 Å². The van der Waals surface area contributed by atoms with Gasteiger partial charge in [-0.25, -0.2) is 0 Å². The van der Waals surface area contributed by atoms with E-state index in [0.717, 1.165) is 11.3 Å². The number of ether oxygens (including phenoxy) is 1. The zero-order chi connectivity index (χ0) is 17.5. The minimum Gasteiger partial charge on any atom is -0.496 e. The van der Waals surface area contributed by atoms with Crippen LogP contribution in [0.15, 0.2) is 51.6 Å². The predicted molar refractivity (Wildman–Crippen MR) is 90.0 cm³/mol. The molecule has 1 aromatic carbocycles. The molecule has 0 saturated heterocycles. The van der Waals surface area contributed by atoms with Crippen LogP contribution in [-0.4, -0.2) is 29.7 Å². The van der Waals surface area contributed by atoms with Crippen molar-refractivity contribution in [1.82, 2.24) is 15.5 Å². The fraction of sp³-hybridized carbons (Fsp3) is 0.278. The minimum atomic E-state index is -0.0624. The maximum atomic E-state index is 11.9. The number of aryl methyl sites for hydroxylation is 1. The number of nitrogens with one attached hydrogen (secondary N) is 1. The number of carbonyl (C=O) groups excluding carboxylic acids is 1. The summed E-state index contributed by atoms with van der Waals surface area (Å²) >= 11 is 0. The first-order valence-corrected chi connectivity index (χ1v) is 8.01. The van der Waals surface area contributed by atoms with Crippen molar-refractivity contribution in [2.24, 2.45) is 0 Å². The number of para-hydroxylation sites is 1. The highest BCUT2D eigenvalue weighted by Crippen LogP contribution is 2.17. The summed E-state index contributed by atoms with van der Waals surface area (Å²) in [7, 11) is 1.64. The van der Waals surface area contributed by atoms with Gasteiger partial charge in [0.1, 0.15) is 5.75 Å². The van der Waals surface area contributed by atoms with E-state index in [1.807, 2.05) is 24.3 Å². The van der Waals surface area contributed by atoms with Gasteiger partial charge < -0.3 is 19.0 Å². The Morgan fingerprint density at radius 1 is 1.20 bits per heavy atom. The molecule has 2 aromatic heterocycles. The van der Waals surface area contributed by atoms with Gasteiger partial charge in [0.05, 0.1) is 13.4 Å². The number of aromatic nitrogens is 2. The summed E-state index contributed by atoms with van der Waals surface area (Å²) in [6, 6.07) is 11.3. The molecule has 7 nitrogen and oxygen atoms in total. The molecule has 0 saturated carbocycles. The molecular weight excluding hydrogens is 322 g/mol. The molecule has 0 aliphatic heterocycles. The Hall–Kier alpha value is -3.09. The molecule has 0 bridgehead atoms. The first-order valence-electron chi connectivity index (χ1n) is 8.01. The topological polar surface area (TPSA) is 90.4 Å². The largest absolute Gasteiger partial charge is 0.496 e. The highest BCUT2D eigenvalue weighted by Gasteiger charge is 2.12. The minimum absolute atomic E-state index is 0.0624. The van der Waals surface area contributed by atoms with Crippen molar-refractivity contribution in [3.8, 4) is 17.3 Å². The van der Waals surface area contributed by atoms with Gasteiger partial charge in [0, 0.05) is 19.4 Å². The van der Waals surface area contributed by atoms with Crippen molar-refractivity contribution in [3.63, 3.8) is 0 Å². The third kappa shape index (κ3) is 4.47. The Kier molecular flexibility index (Phi) is 5.46. The summed E-state index contributed by atoms with van der Waals surface area (Å²) in [5.74, 6) is 2.10. The van der Waals surface area contributed by atoms with Crippen LogP contribution in [0.5, 0.6) is 5.75 Å². The first-order chi connectivity index (χ1) is 12.3. The standard InChI is InChI=1S/C18H19N3O4/c1-23-14-6-3-2-5-13(14)10-11-19-16(22)8-9-17-20-18(21-25-17)15-7-4-12-24-15/h2-7,12H,8-11H2,1H3,(H,19,22). The number of amides is 1. The van der Waals surface area contributed by atoms with Crippen molar-refractivity contribution >= 4 is 5.91 Å². The van der Waals surface area contributed by atoms with E-state index in [-0.39, 0.29) is 12.3 Å². The van der Waals surface area contributed by atoms with E-state index in [9.17, 15) is 4.79 Å². The lowest BCUT2D eigenvalue weighted by Crippen LogP contribution is -2.26. The fourth-order valence-electron chi connectivity index (χ4n) is 2.42. The van der Waals surface area contributed by atoms with Crippen LogP contribution in [0.2, 0.25) is 0 Å². The lowest BCUT2D eigenvalue weighted by Gasteiger charge is -2.08. The quantitative estimate of drug-likeness (QED) is 0.677. The van der Waals surface area contributed by atoms with Gasteiger partial charge in [-0.15, -0.1) is 0 Å². The average molecular weight is 341 g/mol. The van der Waals surface area contributed by atoms with Gasteiger partial charge in [0.25, 0.3) is 0 Å². The Bertz CT molecular complexity index is 811. The summed E-state index contributed by atoms with van der Waals surface area (Å²) < 4.78 is 15.6. The molecule has 0 spiro atoms. The van der Waals surface area contributed by atoms with Gasteiger partial charge >= 0.3 is 0 Å². The van der Waals surface area contributed by atoms with E-state index < -0.39 is 0 Å². The second-order valence-electron chi connectivity index (χ2n) is 5.40. The lowest BCUT2D eigenvalue weighted by molar-refractivity contribution is -0.121. The molecule has 3 aromatic rings. The van der Waals surface area contributed by atoms with Gasteiger partial charge in [-0.2, -0.15) is 4.98 Å².